The molecular weight excluding hydrogens is 428 g/mol. The fourth-order valence-corrected chi connectivity index (χ4v) is 3.85. The first-order valence-electron chi connectivity index (χ1n) is 8.66. The van der Waals surface area contributed by atoms with Crippen LogP contribution < -0.4 is 10.5 Å². The van der Waals surface area contributed by atoms with Crippen molar-refractivity contribution >= 4 is 29.2 Å². The van der Waals surface area contributed by atoms with Crippen molar-refractivity contribution in [2.45, 2.75) is 37.4 Å². The molecule has 0 saturated carbocycles. The van der Waals surface area contributed by atoms with Gasteiger partial charge in [-0.3, -0.25) is 0 Å². The van der Waals surface area contributed by atoms with Gasteiger partial charge in [0.2, 0.25) is 0 Å². The molecule has 3 rings (SSSR count). The summed E-state index contributed by atoms with van der Waals surface area (Å²) < 4.78 is 43.1. The van der Waals surface area contributed by atoms with E-state index in [2.05, 4.69) is 4.74 Å². The number of nitrogens with two attached hydrogens (primary N) is 1. The third-order valence-electron chi connectivity index (χ3n) is 4.91. The van der Waals surface area contributed by atoms with Crippen LogP contribution >= 0.6 is 23.2 Å². The summed E-state index contributed by atoms with van der Waals surface area (Å²) in [5.74, 6) is -3.23. The second-order valence-corrected chi connectivity index (χ2v) is 7.59. The van der Waals surface area contributed by atoms with Gasteiger partial charge < -0.3 is 10.5 Å². The van der Waals surface area contributed by atoms with Crippen LogP contribution in [0.5, 0.6) is 5.75 Å². The number of alkyl halides is 3. The number of carbonyl (C=O) groups excluding carboxylic acids is 1. The van der Waals surface area contributed by atoms with Gasteiger partial charge in [-0.05, 0) is 48.6 Å². The van der Waals surface area contributed by atoms with Gasteiger partial charge in [-0.1, -0.05) is 35.3 Å². The van der Waals surface area contributed by atoms with Gasteiger partial charge in [0.25, 0.3) is 0 Å². The van der Waals surface area contributed by atoms with Crippen LogP contribution in [0.3, 0.4) is 0 Å². The maximum atomic E-state index is 12.8. The molecule has 152 valence electrons. The Morgan fingerprint density at radius 2 is 1.97 bits per heavy atom. The van der Waals surface area contributed by atoms with Crippen LogP contribution in [0.1, 0.15) is 34.6 Å². The number of fused-ring (bicyclic) bond motifs is 1. The molecule has 0 spiro atoms. The molecule has 0 amide bonds. The van der Waals surface area contributed by atoms with Crippen molar-refractivity contribution in [2.75, 3.05) is 0 Å². The van der Waals surface area contributed by atoms with Crippen molar-refractivity contribution in [3.8, 4) is 11.8 Å². The average molecular weight is 443 g/mol. The summed E-state index contributed by atoms with van der Waals surface area (Å²) in [7, 11) is 0. The van der Waals surface area contributed by atoms with Crippen molar-refractivity contribution in [3.05, 3.63) is 62.6 Å². The molecule has 2 N–H and O–H groups in total. The fourth-order valence-electron chi connectivity index (χ4n) is 3.52. The van der Waals surface area contributed by atoms with Gasteiger partial charge in [0.15, 0.2) is 5.75 Å². The molecule has 2 aromatic rings. The molecule has 0 aromatic heterocycles. The third kappa shape index (κ3) is 4.50. The summed E-state index contributed by atoms with van der Waals surface area (Å²) in [6, 6.07) is 9.41. The van der Waals surface area contributed by atoms with Crippen LogP contribution in [0.15, 0.2) is 30.3 Å². The lowest BCUT2D eigenvalue weighted by molar-refractivity contribution is -0.189. The number of aryl methyl sites for hydroxylation is 1. The van der Waals surface area contributed by atoms with E-state index < -0.39 is 24.1 Å². The molecule has 1 aliphatic rings. The molecule has 29 heavy (non-hydrogen) atoms. The summed E-state index contributed by atoms with van der Waals surface area (Å²) in [4.78, 5) is 11.5. The van der Waals surface area contributed by atoms with E-state index in [1.807, 2.05) is 0 Å². The summed E-state index contributed by atoms with van der Waals surface area (Å²) in [5.41, 5.74) is 7.94. The summed E-state index contributed by atoms with van der Waals surface area (Å²) >= 11 is 12.0. The van der Waals surface area contributed by atoms with Crippen molar-refractivity contribution in [2.24, 2.45) is 5.73 Å². The molecule has 2 aromatic carbocycles. The van der Waals surface area contributed by atoms with Gasteiger partial charge in [-0.15, -0.1) is 0 Å². The lowest BCUT2D eigenvalue weighted by atomic mass is 9.75. The largest absolute Gasteiger partial charge is 0.491 e. The van der Waals surface area contributed by atoms with E-state index in [0.717, 1.165) is 5.56 Å². The molecular formula is C20H15Cl2F3N2O2. The number of halogens is 5. The zero-order chi connectivity index (χ0) is 21.3. The van der Waals surface area contributed by atoms with Crippen LogP contribution in [0.2, 0.25) is 10.0 Å². The number of ether oxygens (including phenoxy) is 1. The van der Waals surface area contributed by atoms with Crippen molar-refractivity contribution in [1.82, 2.24) is 0 Å². The highest BCUT2D eigenvalue weighted by Crippen LogP contribution is 2.42. The van der Waals surface area contributed by atoms with Crippen LogP contribution in [-0.4, -0.2) is 18.2 Å². The quantitative estimate of drug-likeness (QED) is 0.539. The lowest BCUT2D eigenvalue weighted by Gasteiger charge is -2.33. The van der Waals surface area contributed by atoms with Crippen LogP contribution in [0.25, 0.3) is 0 Å². The predicted molar refractivity (Wildman–Crippen MR) is 102 cm³/mol. The van der Waals surface area contributed by atoms with E-state index >= 15 is 0 Å². The van der Waals surface area contributed by atoms with Crippen LogP contribution in [0.4, 0.5) is 13.2 Å². The molecule has 2 atom stereocenters. The zero-order valence-electron chi connectivity index (χ0n) is 14.9. The van der Waals surface area contributed by atoms with Crippen LogP contribution in [-0.2, 0) is 17.6 Å². The number of benzene rings is 2. The predicted octanol–water partition coefficient (Wildman–Crippen LogP) is 4.93. The van der Waals surface area contributed by atoms with Gasteiger partial charge in [0, 0.05) is 17.5 Å². The molecule has 4 nitrogen and oxygen atoms in total. The Labute approximate surface area is 175 Å². The SMILES string of the molecule is N#Cc1ccc2c(c1OC(=O)C(F)(F)F)C(Cc1ccc(Cl)c(Cl)c1)C(N)CC2. The van der Waals surface area contributed by atoms with Gasteiger partial charge in [0.05, 0.1) is 15.6 Å². The summed E-state index contributed by atoms with van der Waals surface area (Å²) in [6.45, 7) is 0. The molecule has 0 bridgehead atoms. The average Bonchev–Trinajstić information content (AvgIpc) is 2.66. The second-order valence-electron chi connectivity index (χ2n) is 6.78. The number of hydrogen-bond acceptors (Lipinski definition) is 4. The molecule has 0 fully saturated rings. The highest BCUT2D eigenvalue weighted by molar-refractivity contribution is 6.42. The minimum atomic E-state index is -5.19. The Morgan fingerprint density at radius 3 is 2.59 bits per heavy atom. The number of esters is 1. The Morgan fingerprint density at radius 1 is 1.24 bits per heavy atom. The number of hydrogen-bond donors (Lipinski definition) is 1. The highest BCUT2D eigenvalue weighted by Gasteiger charge is 2.43. The molecule has 9 heteroatoms. The lowest BCUT2D eigenvalue weighted by Crippen LogP contribution is -2.36. The Hall–Kier alpha value is -2.27. The standard InChI is InChI=1S/C20H15Cl2F3N2O2/c21-14-5-1-10(8-15(14)22)7-13-16(27)6-4-11-2-3-12(9-26)18(17(11)13)29-19(28)20(23,24)25/h1-3,5,8,13,16H,4,6-7,27H2. The van der Waals surface area contributed by atoms with Gasteiger partial charge in [0.1, 0.15) is 6.07 Å². The van der Waals surface area contributed by atoms with E-state index in [1.54, 1.807) is 30.3 Å². The number of carbonyl (C=O) groups is 1. The maximum absolute atomic E-state index is 12.8. The molecule has 0 radical (unpaired) electrons. The first-order valence-corrected chi connectivity index (χ1v) is 9.41. The molecule has 0 aliphatic heterocycles. The maximum Gasteiger partial charge on any atom is 0.491 e. The molecule has 0 saturated heterocycles. The normalized spacial score (nSPS) is 18.7. The number of rotatable bonds is 3. The van der Waals surface area contributed by atoms with E-state index in [1.165, 1.54) is 6.07 Å². The van der Waals surface area contributed by atoms with Crippen molar-refractivity contribution in [1.29, 1.82) is 5.26 Å². The minimum absolute atomic E-state index is 0.158. The topological polar surface area (TPSA) is 76.1 Å². The minimum Gasteiger partial charge on any atom is -0.418 e. The van der Waals surface area contributed by atoms with E-state index in [9.17, 15) is 23.2 Å². The Kier molecular flexibility index (Phi) is 6.08. The third-order valence-corrected chi connectivity index (χ3v) is 5.65. The van der Waals surface area contributed by atoms with E-state index in [0.29, 0.717) is 40.4 Å². The van der Waals surface area contributed by atoms with Gasteiger partial charge in [-0.25, -0.2) is 4.79 Å². The second kappa shape index (κ2) is 8.23. The van der Waals surface area contributed by atoms with Crippen molar-refractivity contribution in [3.63, 3.8) is 0 Å². The van der Waals surface area contributed by atoms with Gasteiger partial charge >= 0.3 is 12.1 Å². The number of nitrogens with zero attached hydrogens (tertiary/aromatic N) is 1. The Bertz CT molecular complexity index is 1000. The molecule has 0 heterocycles. The first kappa shape index (κ1) is 21.4. The monoisotopic (exact) mass is 442 g/mol. The first-order chi connectivity index (χ1) is 13.6. The summed E-state index contributed by atoms with van der Waals surface area (Å²) in [6.07, 6.45) is -3.77. The molecule has 1 aliphatic carbocycles. The van der Waals surface area contributed by atoms with Crippen LogP contribution in [0, 0.1) is 11.3 Å². The zero-order valence-corrected chi connectivity index (χ0v) is 16.4. The fraction of sp³-hybridized carbons (Fsp3) is 0.300. The van der Waals surface area contributed by atoms with E-state index in [-0.39, 0.29) is 11.3 Å². The van der Waals surface area contributed by atoms with Gasteiger partial charge in [-0.2, -0.15) is 18.4 Å². The Balaban J connectivity index is 2.09. The molecule has 2 unspecified atom stereocenters. The highest BCUT2D eigenvalue weighted by atomic mass is 35.5. The summed E-state index contributed by atoms with van der Waals surface area (Å²) in [5, 5.41) is 10.1. The number of nitriles is 1. The smallest absolute Gasteiger partial charge is 0.418 e. The van der Waals surface area contributed by atoms with Crippen molar-refractivity contribution < 1.29 is 22.7 Å². The van der Waals surface area contributed by atoms with E-state index in [4.69, 9.17) is 28.9 Å².